The highest BCUT2D eigenvalue weighted by molar-refractivity contribution is 7.80. The summed E-state index contributed by atoms with van der Waals surface area (Å²) in [5.41, 5.74) is 3.30. The predicted octanol–water partition coefficient (Wildman–Crippen LogP) is 4.02. The van der Waals surface area contributed by atoms with Crippen LogP contribution < -0.4 is 10.1 Å². The van der Waals surface area contributed by atoms with E-state index in [9.17, 15) is 9.18 Å². The first-order chi connectivity index (χ1) is 17.8. The number of amides is 1. The number of halogens is 1. The number of pyridine rings is 1. The van der Waals surface area contributed by atoms with Gasteiger partial charge in [-0.1, -0.05) is 0 Å². The van der Waals surface area contributed by atoms with Gasteiger partial charge in [-0.25, -0.2) is 9.37 Å². The summed E-state index contributed by atoms with van der Waals surface area (Å²) in [6.45, 7) is 7.71. The molecule has 0 bridgehead atoms. The second-order valence-corrected chi connectivity index (χ2v) is 9.87. The van der Waals surface area contributed by atoms with E-state index in [0.717, 1.165) is 21.8 Å². The zero-order valence-corrected chi connectivity index (χ0v) is 22.4. The number of carbonyl (C=O) groups excluding carboxylic acids is 1. The van der Waals surface area contributed by atoms with Gasteiger partial charge in [-0.05, 0) is 56.0 Å². The Bertz CT molecular complexity index is 1190. The summed E-state index contributed by atoms with van der Waals surface area (Å²) < 4.78 is 24.2. The van der Waals surface area contributed by atoms with E-state index in [2.05, 4.69) is 32.8 Å². The van der Waals surface area contributed by atoms with E-state index in [1.165, 1.54) is 25.3 Å². The van der Waals surface area contributed by atoms with Gasteiger partial charge in [0.05, 0.1) is 19.9 Å². The molecule has 0 unspecified atom stereocenters. The third-order valence-corrected chi connectivity index (χ3v) is 7.21. The number of aryl methyl sites for hydroxylation is 2. The predicted molar refractivity (Wildman–Crippen MR) is 141 cm³/mol. The molecule has 1 aliphatic heterocycles. The molecule has 1 N–H and O–H groups in total. The third kappa shape index (κ3) is 7.53. The number of oxazole rings is 1. The molecule has 2 aliphatic rings. The Hall–Kier alpha value is -2.95. The quantitative estimate of drug-likeness (QED) is 0.449. The number of nitrogens with zero attached hydrogens (tertiary/aromatic N) is 4. The van der Waals surface area contributed by atoms with Crippen LogP contribution in [0.15, 0.2) is 46.2 Å². The molecular weight excluding hydrogens is 493 g/mol. The molecule has 37 heavy (non-hydrogen) atoms. The normalized spacial score (nSPS) is 15.8. The molecule has 3 aromatic rings. The largest absolute Gasteiger partial charge is 0.497 e. The topological polar surface area (TPSA) is 83.7 Å². The fourth-order valence-corrected chi connectivity index (χ4v) is 4.22. The fraction of sp³-hybridized carbons (Fsp3) is 0.444. The van der Waals surface area contributed by atoms with Gasteiger partial charge in [-0.3, -0.25) is 14.7 Å². The lowest BCUT2D eigenvalue weighted by Gasteiger charge is -2.34. The van der Waals surface area contributed by atoms with Crippen LogP contribution in [0.1, 0.15) is 45.9 Å². The van der Waals surface area contributed by atoms with Gasteiger partial charge >= 0.3 is 0 Å². The Morgan fingerprint density at radius 2 is 1.92 bits per heavy atom. The Morgan fingerprint density at radius 3 is 2.54 bits per heavy atom. The van der Waals surface area contributed by atoms with E-state index in [4.69, 9.17) is 9.15 Å². The number of hydrogen-bond acceptors (Lipinski definition) is 8. The number of piperazine rings is 1. The molecule has 1 saturated heterocycles. The highest BCUT2D eigenvalue weighted by atomic mass is 32.1. The molecule has 0 spiro atoms. The molecule has 3 heterocycles. The maximum absolute atomic E-state index is 13.7. The number of hydrogen-bond donors (Lipinski definition) is 2. The summed E-state index contributed by atoms with van der Waals surface area (Å²) in [6, 6.07) is 6.23. The van der Waals surface area contributed by atoms with Gasteiger partial charge in [0.1, 0.15) is 17.8 Å². The van der Waals surface area contributed by atoms with Gasteiger partial charge in [-0.2, -0.15) is 0 Å². The molecule has 2 fully saturated rings. The van der Waals surface area contributed by atoms with Gasteiger partial charge in [0.25, 0.3) is 5.91 Å². The van der Waals surface area contributed by atoms with Crippen LogP contribution in [-0.2, 0) is 13.1 Å². The van der Waals surface area contributed by atoms with Crippen LogP contribution in [-0.4, -0.2) is 65.0 Å². The van der Waals surface area contributed by atoms with Crippen molar-refractivity contribution in [2.45, 2.75) is 50.7 Å². The zero-order chi connectivity index (χ0) is 26.4. The minimum Gasteiger partial charge on any atom is -0.497 e. The minimum absolute atomic E-state index is 0.110. The monoisotopic (exact) mass is 527 g/mol. The lowest BCUT2D eigenvalue weighted by atomic mass is 10.1. The second-order valence-electron chi connectivity index (χ2n) is 9.43. The maximum atomic E-state index is 13.7. The van der Waals surface area contributed by atoms with Crippen LogP contribution in [0.5, 0.6) is 5.75 Å². The average molecular weight is 528 g/mol. The van der Waals surface area contributed by atoms with Crippen molar-refractivity contribution in [3.8, 4) is 5.75 Å². The van der Waals surface area contributed by atoms with Crippen molar-refractivity contribution in [3.63, 3.8) is 0 Å². The Morgan fingerprint density at radius 1 is 1.22 bits per heavy atom. The van der Waals surface area contributed by atoms with Gasteiger partial charge in [0, 0.05) is 55.4 Å². The number of aromatic nitrogens is 2. The molecule has 10 heteroatoms. The molecule has 1 aromatic carbocycles. The number of carbonyl (C=O) groups is 1. The summed E-state index contributed by atoms with van der Waals surface area (Å²) >= 11 is 4.34. The number of nitrogens with one attached hydrogen (secondary N) is 1. The van der Waals surface area contributed by atoms with Crippen LogP contribution in [0.25, 0.3) is 0 Å². The highest BCUT2D eigenvalue weighted by Crippen LogP contribution is 2.24. The highest BCUT2D eigenvalue weighted by Gasteiger charge is 2.25. The van der Waals surface area contributed by atoms with E-state index in [1.54, 1.807) is 24.3 Å². The van der Waals surface area contributed by atoms with Crippen molar-refractivity contribution in [3.05, 3.63) is 70.9 Å². The fourth-order valence-electron chi connectivity index (χ4n) is 4.09. The van der Waals surface area contributed by atoms with Gasteiger partial charge < -0.3 is 19.4 Å². The van der Waals surface area contributed by atoms with Crippen LogP contribution in [0, 0.1) is 19.7 Å². The zero-order valence-electron chi connectivity index (χ0n) is 21.5. The molecule has 1 saturated carbocycles. The van der Waals surface area contributed by atoms with Gasteiger partial charge in [0.15, 0.2) is 5.69 Å². The molecular formula is C27H34FN5O3S. The lowest BCUT2D eigenvalue weighted by Crippen LogP contribution is -2.48. The van der Waals surface area contributed by atoms with E-state index < -0.39 is 0 Å². The Kier molecular flexibility index (Phi) is 9.18. The average Bonchev–Trinajstić information content (AvgIpc) is 3.62. The Labute approximate surface area is 222 Å². The van der Waals surface area contributed by atoms with Crippen LogP contribution in [0.2, 0.25) is 0 Å². The standard InChI is InChI=1S/C18H22FN5O2.C9H12OS/c19-15-9-20-4-3-13(15)11-23-5-7-24(8-6-23)18(25)16-12-26-17(22-16)10-21-14-1-2-14;1-6-4-8(10-3)5-7(2)9(6)11/h3-4,9,12,14,21H,1-2,5-8,10-11H2;4-5,11H,1-3H3. The summed E-state index contributed by atoms with van der Waals surface area (Å²) in [6.07, 6.45) is 6.65. The van der Waals surface area contributed by atoms with Crippen molar-refractivity contribution in [1.82, 2.24) is 25.1 Å². The second kappa shape index (κ2) is 12.5. The van der Waals surface area contributed by atoms with Crippen molar-refractivity contribution in [2.75, 3.05) is 33.3 Å². The Balaban J connectivity index is 0.000000245. The first kappa shape index (κ1) is 27.1. The van der Waals surface area contributed by atoms with Crippen LogP contribution in [0.3, 0.4) is 0 Å². The molecule has 1 amide bonds. The van der Waals surface area contributed by atoms with Crippen molar-refractivity contribution in [2.24, 2.45) is 0 Å². The smallest absolute Gasteiger partial charge is 0.275 e. The summed E-state index contributed by atoms with van der Waals surface area (Å²) in [5, 5.41) is 3.32. The van der Waals surface area contributed by atoms with E-state index in [-0.39, 0.29) is 11.7 Å². The molecule has 0 atom stereocenters. The van der Waals surface area contributed by atoms with Crippen molar-refractivity contribution >= 4 is 18.5 Å². The van der Waals surface area contributed by atoms with Crippen LogP contribution in [0.4, 0.5) is 4.39 Å². The van der Waals surface area contributed by atoms with Gasteiger partial charge in [-0.15, -0.1) is 12.6 Å². The van der Waals surface area contributed by atoms with E-state index in [1.807, 2.05) is 26.0 Å². The lowest BCUT2D eigenvalue weighted by molar-refractivity contribution is 0.0621. The summed E-state index contributed by atoms with van der Waals surface area (Å²) in [7, 11) is 1.67. The van der Waals surface area contributed by atoms with Crippen LogP contribution >= 0.6 is 12.6 Å². The SMILES string of the molecule is COc1cc(C)c(S)c(C)c1.O=C(c1coc(CNC2CC2)n1)N1CCN(Cc2ccncc2F)CC1. The number of thiol groups is 1. The molecule has 0 radical (unpaired) electrons. The number of rotatable bonds is 7. The van der Waals surface area contributed by atoms with Crippen molar-refractivity contribution < 1.29 is 18.3 Å². The number of benzene rings is 1. The van der Waals surface area contributed by atoms with Crippen molar-refractivity contribution in [1.29, 1.82) is 0 Å². The molecule has 2 aromatic heterocycles. The van der Waals surface area contributed by atoms with E-state index >= 15 is 0 Å². The first-order valence-electron chi connectivity index (χ1n) is 12.5. The maximum Gasteiger partial charge on any atom is 0.275 e. The molecule has 1 aliphatic carbocycles. The summed E-state index contributed by atoms with van der Waals surface area (Å²) in [5.74, 6) is 1.05. The number of methoxy groups -OCH3 is 1. The van der Waals surface area contributed by atoms with Gasteiger partial charge in [0.2, 0.25) is 5.89 Å². The summed E-state index contributed by atoms with van der Waals surface area (Å²) in [4.78, 5) is 25.6. The third-order valence-electron chi connectivity index (χ3n) is 6.50. The number of ether oxygens (including phenoxy) is 1. The molecule has 198 valence electrons. The first-order valence-corrected chi connectivity index (χ1v) is 12.9. The minimum atomic E-state index is -0.291. The van der Waals surface area contributed by atoms with E-state index in [0.29, 0.717) is 62.5 Å². The molecule has 8 nitrogen and oxygen atoms in total. The molecule has 5 rings (SSSR count).